The van der Waals surface area contributed by atoms with Gasteiger partial charge in [-0.3, -0.25) is 29.4 Å². The van der Waals surface area contributed by atoms with Gasteiger partial charge in [0.2, 0.25) is 0 Å². The van der Waals surface area contributed by atoms with E-state index < -0.39 is 44.4 Å². The van der Waals surface area contributed by atoms with E-state index in [4.69, 9.17) is 8.92 Å². The van der Waals surface area contributed by atoms with Crippen molar-refractivity contribution in [3.63, 3.8) is 0 Å². The molecule has 13 heteroatoms. The highest BCUT2D eigenvalue weighted by Gasteiger charge is 2.36. The maximum atomic E-state index is 12.4. The van der Waals surface area contributed by atoms with Gasteiger partial charge in [-0.2, -0.15) is 8.42 Å². The standard InChI is InChI=1S/C20H16N2O9S2/c1-2-30-18(23)12-21-19(24)17(32-20(21)25)10-13-6-8-15(9-7-13)31-33(28,29)16-5-3-4-14(11-16)22(26)27/h3-11H,2,12H2,1H3/b17-10-. The number of carbonyl (C=O) groups excluding carboxylic acids is 3. The minimum Gasteiger partial charge on any atom is -0.465 e. The molecule has 0 unspecified atom stereocenters. The Labute approximate surface area is 192 Å². The summed E-state index contributed by atoms with van der Waals surface area (Å²) in [6, 6.07) is 10.00. The molecule has 172 valence electrons. The number of non-ortho nitro benzene ring substituents is 1. The summed E-state index contributed by atoms with van der Waals surface area (Å²) in [5.41, 5.74) is 0.0728. The average molecular weight is 492 g/mol. The fourth-order valence-electron chi connectivity index (χ4n) is 2.67. The van der Waals surface area contributed by atoms with Crippen molar-refractivity contribution >= 4 is 50.8 Å². The number of hydrogen-bond donors (Lipinski definition) is 0. The van der Waals surface area contributed by atoms with Crippen LogP contribution in [0, 0.1) is 10.1 Å². The van der Waals surface area contributed by atoms with Crippen LogP contribution in [-0.2, 0) is 24.4 Å². The van der Waals surface area contributed by atoms with Gasteiger partial charge in [0.25, 0.3) is 16.8 Å². The molecule has 0 saturated carbocycles. The Bertz CT molecular complexity index is 1250. The van der Waals surface area contributed by atoms with E-state index in [-0.39, 0.29) is 22.2 Å². The van der Waals surface area contributed by atoms with Crippen LogP contribution in [0.1, 0.15) is 12.5 Å². The molecule has 3 rings (SSSR count). The Morgan fingerprint density at radius 3 is 2.52 bits per heavy atom. The number of imide groups is 1. The number of nitro groups is 1. The summed E-state index contributed by atoms with van der Waals surface area (Å²) >= 11 is 0.660. The van der Waals surface area contributed by atoms with Crippen molar-refractivity contribution < 1.29 is 36.6 Å². The SMILES string of the molecule is CCOC(=O)CN1C(=O)S/C(=C\c2ccc(OS(=O)(=O)c3cccc([N+](=O)[O-])c3)cc2)C1=O. The van der Waals surface area contributed by atoms with Gasteiger partial charge in [-0.15, -0.1) is 0 Å². The number of amides is 2. The first-order valence-electron chi connectivity index (χ1n) is 9.30. The van der Waals surface area contributed by atoms with Crippen molar-refractivity contribution in [2.75, 3.05) is 13.2 Å². The lowest BCUT2D eigenvalue weighted by Crippen LogP contribution is -2.34. The molecule has 2 amide bonds. The number of carbonyl (C=O) groups is 3. The zero-order valence-corrected chi connectivity index (χ0v) is 18.6. The van der Waals surface area contributed by atoms with Gasteiger partial charge in [-0.25, -0.2) is 0 Å². The predicted molar refractivity (Wildman–Crippen MR) is 117 cm³/mol. The number of nitro benzene ring substituents is 1. The number of nitrogens with zero attached hydrogens (tertiary/aromatic N) is 2. The molecule has 1 aliphatic rings. The van der Waals surface area contributed by atoms with Crippen LogP contribution in [0.3, 0.4) is 0 Å². The Balaban J connectivity index is 1.73. The van der Waals surface area contributed by atoms with E-state index in [9.17, 15) is 32.9 Å². The van der Waals surface area contributed by atoms with Crippen LogP contribution in [0.15, 0.2) is 58.3 Å². The first-order chi connectivity index (χ1) is 15.6. The molecule has 0 N–H and O–H groups in total. The van der Waals surface area contributed by atoms with Crippen LogP contribution < -0.4 is 4.18 Å². The number of thioether (sulfide) groups is 1. The van der Waals surface area contributed by atoms with Gasteiger partial charge in [0.15, 0.2) is 0 Å². The van der Waals surface area contributed by atoms with E-state index in [0.29, 0.717) is 17.3 Å². The van der Waals surface area contributed by atoms with Crippen LogP contribution in [0.4, 0.5) is 10.5 Å². The van der Waals surface area contributed by atoms with Crippen LogP contribution >= 0.6 is 11.8 Å². The summed E-state index contributed by atoms with van der Waals surface area (Å²) in [5, 5.41) is 10.2. The van der Waals surface area contributed by atoms with Crippen molar-refractivity contribution in [2.45, 2.75) is 11.8 Å². The third-order valence-electron chi connectivity index (χ3n) is 4.17. The maximum absolute atomic E-state index is 12.4. The third kappa shape index (κ3) is 5.75. The lowest BCUT2D eigenvalue weighted by molar-refractivity contribution is -0.385. The fourth-order valence-corrected chi connectivity index (χ4v) is 4.48. The second kappa shape index (κ2) is 9.83. The molecule has 0 bridgehead atoms. The number of rotatable bonds is 8. The highest BCUT2D eigenvalue weighted by Crippen LogP contribution is 2.32. The molecule has 1 fully saturated rings. The van der Waals surface area contributed by atoms with Crippen molar-refractivity contribution in [3.05, 3.63) is 69.1 Å². The minimum absolute atomic E-state index is 0.0610. The lowest BCUT2D eigenvalue weighted by Gasteiger charge is -2.10. The number of benzene rings is 2. The minimum atomic E-state index is -4.32. The van der Waals surface area contributed by atoms with Gasteiger partial charge in [0.1, 0.15) is 17.2 Å². The molecule has 2 aromatic carbocycles. The number of hydrogen-bond acceptors (Lipinski definition) is 10. The van der Waals surface area contributed by atoms with Gasteiger partial charge >= 0.3 is 16.1 Å². The predicted octanol–water partition coefficient (Wildman–Crippen LogP) is 2.96. The summed E-state index contributed by atoms with van der Waals surface area (Å²) < 4.78 is 34.6. The normalized spacial score (nSPS) is 15.1. The van der Waals surface area contributed by atoms with Gasteiger partial charge in [0, 0.05) is 12.1 Å². The Hall–Kier alpha value is -3.71. The highest BCUT2D eigenvalue weighted by atomic mass is 32.2. The first-order valence-corrected chi connectivity index (χ1v) is 11.5. The average Bonchev–Trinajstić information content (AvgIpc) is 3.02. The molecule has 0 aliphatic carbocycles. The van der Waals surface area contributed by atoms with Gasteiger partial charge in [0.05, 0.1) is 16.4 Å². The second-order valence-corrected chi connectivity index (χ2v) is 8.97. The van der Waals surface area contributed by atoms with Crippen LogP contribution in [0.2, 0.25) is 0 Å². The lowest BCUT2D eigenvalue weighted by atomic mass is 10.2. The molecule has 0 radical (unpaired) electrons. The van der Waals surface area contributed by atoms with Gasteiger partial charge in [-0.05, 0) is 48.5 Å². The Morgan fingerprint density at radius 2 is 1.88 bits per heavy atom. The second-order valence-electron chi connectivity index (χ2n) is 6.43. The molecule has 0 aromatic heterocycles. The molecule has 11 nitrogen and oxygen atoms in total. The highest BCUT2D eigenvalue weighted by molar-refractivity contribution is 8.18. The summed E-state index contributed by atoms with van der Waals surface area (Å²) in [6.45, 7) is 1.24. The fraction of sp³-hybridized carbons (Fsp3) is 0.150. The topological polar surface area (TPSA) is 150 Å². The van der Waals surface area contributed by atoms with Crippen molar-refractivity contribution in [2.24, 2.45) is 0 Å². The molecule has 2 aromatic rings. The zero-order chi connectivity index (χ0) is 24.2. The Kier molecular flexibility index (Phi) is 7.13. The monoisotopic (exact) mass is 492 g/mol. The molecule has 1 heterocycles. The van der Waals surface area contributed by atoms with Gasteiger partial charge < -0.3 is 8.92 Å². The summed E-state index contributed by atoms with van der Waals surface area (Å²) in [4.78, 5) is 46.6. The number of ether oxygens (including phenoxy) is 1. The summed E-state index contributed by atoms with van der Waals surface area (Å²) in [7, 11) is -4.32. The number of esters is 1. The van der Waals surface area contributed by atoms with E-state index in [0.717, 1.165) is 17.0 Å². The van der Waals surface area contributed by atoms with Crippen LogP contribution in [0.5, 0.6) is 5.75 Å². The molecular formula is C20H16N2O9S2. The third-order valence-corrected chi connectivity index (χ3v) is 6.32. The molecule has 0 atom stereocenters. The molecule has 0 spiro atoms. The molecular weight excluding hydrogens is 476 g/mol. The van der Waals surface area contributed by atoms with E-state index in [1.807, 2.05) is 0 Å². The quantitative estimate of drug-likeness (QED) is 0.177. The van der Waals surface area contributed by atoms with Crippen molar-refractivity contribution in [1.82, 2.24) is 4.90 Å². The van der Waals surface area contributed by atoms with E-state index in [2.05, 4.69) is 0 Å². The summed E-state index contributed by atoms with van der Waals surface area (Å²) in [6.07, 6.45) is 1.41. The zero-order valence-electron chi connectivity index (χ0n) is 17.0. The maximum Gasteiger partial charge on any atom is 0.339 e. The van der Waals surface area contributed by atoms with Crippen LogP contribution in [0.25, 0.3) is 6.08 Å². The van der Waals surface area contributed by atoms with E-state index in [1.165, 1.54) is 42.5 Å². The van der Waals surface area contributed by atoms with Crippen LogP contribution in [-0.4, -0.2) is 48.5 Å². The van der Waals surface area contributed by atoms with E-state index >= 15 is 0 Å². The first kappa shape index (κ1) is 23.9. The Morgan fingerprint density at radius 1 is 1.18 bits per heavy atom. The molecule has 1 saturated heterocycles. The van der Waals surface area contributed by atoms with Crippen molar-refractivity contribution in [1.29, 1.82) is 0 Å². The van der Waals surface area contributed by atoms with Gasteiger partial charge in [-0.1, -0.05) is 18.2 Å². The summed E-state index contributed by atoms with van der Waals surface area (Å²) in [5.74, 6) is -1.41. The molecule has 1 aliphatic heterocycles. The van der Waals surface area contributed by atoms with Crippen molar-refractivity contribution in [3.8, 4) is 5.75 Å². The smallest absolute Gasteiger partial charge is 0.339 e. The molecule has 33 heavy (non-hydrogen) atoms. The largest absolute Gasteiger partial charge is 0.465 e. The van der Waals surface area contributed by atoms with E-state index in [1.54, 1.807) is 6.92 Å².